The molecule has 21 heavy (non-hydrogen) atoms. The van der Waals surface area contributed by atoms with Gasteiger partial charge in [-0.1, -0.05) is 33.8 Å². The van der Waals surface area contributed by atoms with Crippen molar-refractivity contribution in [1.82, 2.24) is 5.32 Å². The molecule has 1 fully saturated rings. The van der Waals surface area contributed by atoms with E-state index in [-0.39, 0.29) is 11.5 Å². The Morgan fingerprint density at radius 2 is 2.14 bits per heavy atom. The Balaban J connectivity index is 2.09. The number of benzene rings is 1. The van der Waals surface area contributed by atoms with Crippen LogP contribution in [0.15, 0.2) is 24.3 Å². The highest BCUT2D eigenvalue weighted by Crippen LogP contribution is 2.27. The second kappa shape index (κ2) is 6.69. The first kappa shape index (κ1) is 16.2. The molecule has 1 aromatic rings. The van der Waals surface area contributed by atoms with Crippen molar-refractivity contribution >= 4 is 5.69 Å². The van der Waals surface area contributed by atoms with Crippen molar-refractivity contribution < 1.29 is 4.74 Å². The van der Waals surface area contributed by atoms with Crippen LogP contribution in [0.1, 0.15) is 41.0 Å². The van der Waals surface area contributed by atoms with Crippen LogP contribution in [0.3, 0.4) is 0 Å². The summed E-state index contributed by atoms with van der Waals surface area (Å²) in [4.78, 5) is 2.47. The zero-order valence-corrected chi connectivity index (χ0v) is 14.1. The molecule has 0 radical (unpaired) electrons. The summed E-state index contributed by atoms with van der Waals surface area (Å²) < 4.78 is 5.95. The number of piperazine rings is 1. The van der Waals surface area contributed by atoms with Gasteiger partial charge in [-0.15, -0.1) is 0 Å². The molecule has 0 aromatic heterocycles. The number of anilines is 1. The van der Waals surface area contributed by atoms with Crippen molar-refractivity contribution in [2.24, 2.45) is 5.41 Å². The standard InChI is InChI=1S/C18H30N2O/c1-6-14(2)21-16-9-7-8-15(12-16)20-11-10-19-17(13-20)18(3,4)5/h7-9,12,14,17,19H,6,10-11,13H2,1-5H3. The fourth-order valence-electron chi connectivity index (χ4n) is 2.63. The van der Waals surface area contributed by atoms with Crippen LogP contribution in [0.25, 0.3) is 0 Å². The van der Waals surface area contributed by atoms with Crippen LogP contribution in [0.5, 0.6) is 5.75 Å². The lowest BCUT2D eigenvalue weighted by molar-refractivity contribution is 0.217. The SMILES string of the molecule is CCC(C)Oc1cccc(N2CCNC(C(C)(C)C)C2)c1. The minimum Gasteiger partial charge on any atom is -0.491 e. The smallest absolute Gasteiger partial charge is 0.121 e. The van der Waals surface area contributed by atoms with E-state index in [4.69, 9.17) is 4.74 Å². The third-order valence-corrected chi connectivity index (χ3v) is 4.32. The maximum absolute atomic E-state index is 5.95. The molecular formula is C18H30N2O. The van der Waals surface area contributed by atoms with Gasteiger partial charge in [0.05, 0.1) is 6.10 Å². The quantitative estimate of drug-likeness (QED) is 0.915. The molecule has 1 saturated heterocycles. The molecule has 1 heterocycles. The zero-order chi connectivity index (χ0) is 15.5. The van der Waals surface area contributed by atoms with Gasteiger partial charge in [0, 0.05) is 37.4 Å². The first-order chi connectivity index (χ1) is 9.90. The van der Waals surface area contributed by atoms with Crippen molar-refractivity contribution in [2.75, 3.05) is 24.5 Å². The minimum absolute atomic E-state index is 0.269. The van der Waals surface area contributed by atoms with Crippen LogP contribution >= 0.6 is 0 Å². The van der Waals surface area contributed by atoms with Gasteiger partial charge in [-0.05, 0) is 30.9 Å². The first-order valence-electron chi connectivity index (χ1n) is 8.15. The van der Waals surface area contributed by atoms with Gasteiger partial charge in [-0.25, -0.2) is 0 Å². The summed E-state index contributed by atoms with van der Waals surface area (Å²) in [7, 11) is 0. The van der Waals surface area contributed by atoms with Gasteiger partial charge in [0.1, 0.15) is 5.75 Å². The van der Waals surface area contributed by atoms with Gasteiger partial charge in [0.15, 0.2) is 0 Å². The summed E-state index contributed by atoms with van der Waals surface area (Å²) in [6.07, 6.45) is 1.30. The topological polar surface area (TPSA) is 24.5 Å². The van der Waals surface area contributed by atoms with Gasteiger partial charge in [0.2, 0.25) is 0 Å². The number of hydrogen-bond donors (Lipinski definition) is 1. The van der Waals surface area contributed by atoms with E-state index >= 15 is 0 Å². The van der Waals surface area contributed by atoms with Crippen LogP contribution in [0, 0.1) is 5.41 Å². The van der Waals surface area contributed by atoms with Crippen molar-refractivity contribution in [3.05, 3.63) is 24.3 Å². The largest absolute Gasteiger partial charge is 0.491 e. The monoisotopic (exact) mass is 290 g/mol. The second-order valence-corrected chi connectivity index (χ2v) is 7.15. The molecular weight excluding hydrogens is 260 g/mol. The molecule has 3 heteroatoms. The lowest BCUT2D eigenvalue weighted by atomic mass is 9.85. The number of ether oxygens (including phenoxy) is 1. The van der Waals surface area contributed by atoms with Gasteiger partial charge < -0.3 is 15.0 Å². The van der Waals surface area contributed by atoms with E-state index < -0.39 is 0 Å². The highest BCUT2D eigenvalue weighted by Gasteiger charge is 2.29. The Morgan fingerprint density at radius 3 is 2.81 bits per heavy atom. The third kappa shape index (κ3) is 4.37. The molecule has 1 N–H and O–H groups in total. The summed E-state index contributed by atoms with van der Waals surface area (Å²) in [5, 5.41) is 3.64. The number of nitrogens with zero attached hydrogens (tertiary/aromatic N) is 1. The molecule has 1 aliphatic rings. The lowest BCUT2D eigenvalue weighted by Gasteiger charge is -2.41. The van der Waals surface area contributed by atoms with E-state index in [2.05, 4.69) is 69.1 Å². The van der Waals surface area contributed by atoms with Crippen molar-refractivity contribution in [3.63, 3.8) is 0 Å². The first-order valence-corrected chi connectivity index (χ1v) is 8.15. The van der Waals surface area contributed by atoms with E-state index in [0.29, 0.717) is 6.04 Å². The van der Waals surface area contributed by atoms with Crippen LogP contribution < -0.4 is 15.0 Å². The van der Waals surface area contributed by atoms with E-state index in [9.17, 15) is 0 Å². The molecule has 0 bridgehead atoms. The maximum Gasteiger partial charge on any atom is 0.121 e. The van der Waals surface area contributed by atoms with Crippen molar-refractivity contribution in [1.29, 1.82) is 0 Å². The molecule has 3 nitrogen and oxygen atoms in total. The normalized spacial score (nSPS) is 21.2. The van der Waals surface area contributed by atoms with Crippen LogP contribution in [-0.2, 0) is 0 Å². The molecule has 2 rings (SSSR count). The minimum atomic E-state index is 0.269. The summed E-state index contributed by atoms with van der Waals surface area (Å²) >= 11 is 0. The fraction of sp³-hybridized carbons (Fsp3) is 0.667. The van der Waals surface area contributed by atoms with Gasteiger partial charge in [-0.3, -0.25) is 0 Å². The Hall–Kier alpha value is -1.22. The Bertz CT molecular complexity index is 453. The number of nitrogens with one attached hydrogen (secondary N) is 1. The highest BCUT2D eigenvalue weighted by atomic mass is 16.5. The van der Waals surface area contributed by atoms with E-state index in [1.54, 1.807) is 0 Å². The third-order valence-electron chi connectivity index (χ3n) is 4.32. The lowest BCUT2D eigenvalue weighted by Crippen LogP contribution is -2.56. The van der Waals surface area contributed by atoms with Crippen LogP contribution in [-0.4, -0.2) is 31.8 Å². The molecule has 118 valence electrons. The molecule has 1 aromatic carbocycles. The van der Waals surface area contributed by atoms with E-state index in [1.165, 1.54) is 5.69 Å². The summed E-state index contributed by atoms with van der Waals surface area (Å²) in [6.45, 7) is 14.3. The summed E-state index contributed by atoms with van der Waals surface area (Å²) in [5.74, 6) is 0.979. The van der Waals surface area contributed by atoms with E-state index in [1.807, 2.05) is 0 Å². The Kier molecular flexibility index (Phi) is 5.15. The molecule has 2 atom stereocenters. The second-order valence-electron chi connectivity index (χ2n) is 7.15. The molecule has 0 saturated carbocycles. The molecule has 0 aliphatic carbocycles. The highest BCUT2D eigenvalue weighted by molar-refractivity contribution is 5.51. The van der Waals surface area contributed by atoms with Crippen molar-refractivity contribution in [2.45, 2.75) is 53.2 Å². The van der Waals surface area contributed by atoms with Gasteiger partial charge in [0.25, 0.3) is 0 Å². The maximum atomic E-state index is 5.95. The molecule has 1 aliphatic heterocycles. The van der Waals surface area contributed by atoms with Crippen molar-refractivity contribution in [3.8, 4) is 5.75 Å². The van der Waals surface area contributed by atoms with Gasteiger partial charge in [-0.2, -0.15) is 0 Å². The van der Waals surface area contributed by atoms with Gasteiger partial charge >= 0.3 is 0 Å². The van der Waals surface area contributed by atoms with Crippen LogP contribution in [0.2, 0.25) is 0 Å². The van der Waals surface area contributed by atoms with Crippen LogP contribution in [0.4, 0.5) is 5.69 Å². The molecule has 0 amide bonds. The number of hydrogen-bond acceptors (Lipinski definition) is 3. The zero-order valence-electron chi connectivity index (χ0n) is 14.1. The summed E-state index contributed by atoms with van der Waals surface area (Å²) in [5.41, 5.74) is 1.55. The fourth-order valence-corrected chi connectivity index (χ4v) is 2.63. The summed E-state index contributed by atoms with van der Waals surface area (Å²) in [6, 6.07) is 9.04. The average Bonchev–Trinajstić information content (AvgIpc) is 2.46. The predicted molar refractivity (Wildman–Crippen MR) is 90.3 cm³/mol. The molecule has 2 unspecified atom stereocenters. The average molecular weight is 290 g/mol. The Labute approximate surface area is 129 Å². The molecule has 0 spiro atoms. The van der Waals surface area contributed by atoms with E-state index in [0.717, 1.165) is 31.8 Å². The Morgan fingerprint density at radius 1 is 1.38 bits per heavy atom. The number of rotatable bonds is 4. The predicted octanol–water partition coefficient (Wildman–Crippen LogP) is 3.69.